The summed E-state index contributed by atoms with van der Waals surface area (Å²) in [4.78, 5) is 13.9. The third kappa shape index (κ3) is 1.53. The molecule has 0 N–H and O–H groups in total. The van der Waals surface area contributed by atoms with E-state index < -0.39 is 0 Å². The molecule has 0 aliphatic carbocycles. The number of nitrogens with zero attached hydrogens (tertiary/aromatic N) is 1. The first-order chi connectivity index (χ1) is 9.18. The van der Waals surface area contributed by atoms with Crippen LogP contribution >= 0.6 is 0 Å². The molecule has 4 nitrogen and oxygen atoms in total. The number of furan rings is 1. The largest absolute Gasteiger partial charge is 0.467 e. The highest BCUT2D eigenvalue weighted by molar-refractivity contribution is 5.74. The summed E-state index contributed by atoms with van der Waals surface area (Å²) in [5, 5.41) is 0. The number of likely N-dealkylation sites (tertiary alicyclic amines) is 1. The lowest BCUT2D eigenvalue weighted by Gasteiger charge is -2.45. The number of ether oxygens (including phenoxy) is 1. The summed E-state index contributed by atoms with van der Waals surface area (Å²) in [5.41, 5.74) is -0.237. The maximum atomic E-state index is 12.0. The number of hydrogen-bond donors (Lipinski definition) is 0. The zero-order chi connectivity index (χ0) is 13.0. The van der Waals surface area contributed by atoms with Crippen molar-refractivity contribution < 1.29 is 13.9 Å². The number of carbonyl (C=O) groups excluding carboxylic acids is 1. The highest BCUT2D eigenvalue weighted by atomic mass is 16.5. The molecule has 2 saturated heterocycles. The first-order valence-electron chi connectivity index (χ1n) is 6.86. The third-order valence-electron chi connectivity index (χ3n) is 4.75. The molecule has 1 amide bonds. The van der Waals surface area contributed by atoms with Crippen LogP contribution in [0.5, 0.6) is 0 Å². The zero-order valence-corrected chi connectivity index (χ0v) is 10.9. The van der Waals surface area contributed by atoms with Crippen molar-refractivity contribution in [3.63, 3.8) is 0 Å². The Balaban J connectivity index is 1.70. The summed E-state index contributed by atoms with van der Waals surface area (Å²) in [6.07, 6.45) is 8.22. The van der Waals surface area contributed by atoms with Crippen LogP contribution in [0.25, 0.3) is 0 Å². The van der Waals surface area contributed by atoms with E-state index in [0.717, 1.165) is 18.6 Å². The summed E-state index contributed by atoms with van der Waals surface area (Å²) in [6, 6.07) is 3.90. The molecule has 100 valence electrons. The Morgan fingerprint density at radius 1 is 1.47 bits per heavy atom. The number of fused-ring (bicyclic) bond motifs is 1. The second kappa shape index (κ2) is 3.73. The molecule has 0 unspecified atom stereocenters. The van der Waals surface area contributed by atoms with Gasteiger partial charge in [0.25, 0.3) is 0 Å². The monoisotopic (exact) mass is 259 g/mol. The fourth-order valence-electron chi connectivity index (χ4n) is 3.84. The number of piperidine rings is 1. The fourth-order valence-corrected chi connectivity index (χ4v) is 3.84. The maximum absolute atomic E-state index is 12.0. The van der Waals surface area contributed by atoms with E-state index in [-0.39, 0.29) is 23.7 Å². The van der Waals surface area contributed by atoms with Gasteiger partial charge in [0.1, 0.15) is 11.4 Å². The van der Waals surface area contributed by atoms with Gasteiger partial charge in [-0.05, 0) is 30.9 Å². The van der Waals surface area contributed by atoms with Crippen LogP contribution in [-0.4, -0.2) is 29.1 Å². The van der Waals surface area contributed by atoms with Gasteiger partial charge < -0.3 is 14.1 Å². The lowest BCUT2D eigenvalue weighted by atomic mass is 9.74. The summed E-state index contributed by atoms with van der Waals surface area (Å²) >= 11 is 0. The van der Waals surface area contributed by atoms with Crippen LogP contribution in [0.3, 0.4) is 0 Å². The van der Waals surface area contributed by atoms with Gasteiger partial charge in [-0.1, -0.05) is 12.2 Å². The number of carbonyl (C=O) groups is 1. The van der Waals surface area contributed by atoms with Crippen LogP contribution in [-0.2, 0) is 9.53 Å². The van der Waals surface area contributed by atoms with E-state index in [9.17, 15) is 4.79 Å². The number of amides is 1. The second-order valence-electron chi connectivity index (χ2n) is 5.82. The van der Waals surface area contributed by atoms with E-state index in [4.69, 9.17) is 9.15 Å². The van der Waals surface area contributed by atoms with E-state index in [0.29, 0.717) is 12.5 Å². The van der Waals surface area contributed by atoms with Crippen LogP contribution in [0.2, 0.25) is 0 Å². The zero-order valence-electron chi connectivity index (χ0n) is 10.9. The Bertz CT molecular complexity index is 536. The standard InChI is InChI=1S/C15H17NO3/c1-10(17)16-9-15-5-4-12(19-15)7-11(15)8-13(16)14-3-2-6-18-14/h2-6,11-13H,7-9H2,1H3/t11-,12+,13-,15+/m0/s1. The van der Waals surface area contributed by atoms with Gasteiger partial charge in [0.2, 0.25) is 5.91 Å². The van der Waals surface area contributed by atoms with Gasteiger partial charge in [-0.15, -0.1) is 0 Å². The normalized spacial score (nSPS) is 39.6. The molecule has 1 spiro atoms. The highest BCUT2D eigenvalue weighted by Gasteiger charge is 2.55. The molecule has 4 rings (SSSR count). The first-order valence-corrected chi connectivity index (χ1v) is 6.86. The average Bonchev–Trinajstić information content (AvgIpc) is 3.10. The van der Waals surface area contributed by atoms with Gasteiger partial charge in [0, 0.05) is 6.92 Å². The Labute approximate surface area is 112 Å². The Kier molecular flexibility index (Phi) is 2.22. The van der Waals surface area contributed by atoms with Crippen LogP contribution in [0, 0.1) is 5.92 Å². The summed E-state index contributed by atoms with van der Waals surface area (Å²) in [7, 11) is 0. The van der Waals surface area contributed by atoms with Gasteiger partial charge >= 0.3 is 0 Å². The van der Waals surface area contributed by atoms with Crippen molar-refractivity contribution in [3.05, 3.63) is 36.3 Å². The molecule has 2 fully saturated rings. The van der Waals surface area contributed by atoms with Gasteiger partial charge in [-0.3, -0.25) is 4.79 Å². The Morgan fingerprint density at radius 3 is 3.05 bits per heavy atom. The van der Waals surface area contributed by atoms with Crippen molar-refractivity contribution in [2.75, 3.05) is 6.54 Å². The molecule has 0 saturated carbocycles. The summed E-state index contributed by atoms with van der Waals surface area (Å²) in [5.74, 6) is 1.46. The lowest BCUT2D eigenvalue weighted by Crippen LogP contribution is -2.53. The third-order valence-corrected chi connectivity index (χ3v) is 4.75. The summed E-state index contributed by atoms with van der Waals surface area (Å²) in [6.45, 7) is 2.27. The van der Waals surface area contributed by atoms with E-state index in [2.05, 4.69) is 12.2 Å². The minimum absolute atomic E-state index is 0.0551. The van der Waals surface area contributed by atoms with Crippen LogP contribution < -0.4 is 0 Å². The van der Waals surface area contributed by atoms with Crippen LogP contribution in [0.4, 0.5) is 0 Å². The van der Waals surface area contributed by atoms with Crippen molar-refractivity contribution in [2.24, 2.45) is 5.92 Å². The molecule has 4 heterocycles. The topological polar surface area (TPSA) is 42.7 Å². The van der Waals surface area contributed by atoms with Crippen molar-refractivity contribution in [1.82, 2.24) is 4.90 Å². The second-order valence-corrected chi connectivity index (χ2v) is 5.82. The highest BCUT2D eigenvalue weighted by Crippen LogP contribution is 2.51. The molecule has 0 aromatic carbocycles. The molecular weight excluding hydrogens is 242 g/mol. The average molecular weight is 259 g/mol. The number of hydrogen-bond acceptors (Lipinski definition) is 3. The Morgan fingerprint density at radius 2 is 2.37 bits per heavy atom. The Hall–Kier alpha value is -1.55. The van der Waals surface area contributed by atoms with E-state index in [1.807, 2.05) is 17.0 Å². The van der Waals surface area contributed by atoms with Gasteiger partial charge in [-0.2, -0.15) is 0 Å². The SMILES string of the molecule is CC(=O)N1C[C@]23C=C[C@H](C[C@H]2C[C@H]1c1ccco1)O3. The van der Waals surface area contributed by atoms with Crippen molar-refractivity contribution >= 4 is 5.91 Å². The van der Waals surface area contributed by atoms with Gasteiger partial charge in [-0.25, -0.2) is 0 Å². The molecule has 4 atom stereocenters. The maximum Gasteiger partial charge on any atom is 0.220 e. The molecule has 3 aliphatic heterocycles. The van der Waals surface area contributed by atoms with E-state index in [1.165, 1.54) is 0 Å². The van der Waals surface area contributed by atoms with Gasteiger partial charge in [0.15, 0.2) is 0 Å². The molecule has 3 aliphatic rings. The minimum Gasteiger partial charge on any atom is -0.467 e. The molecule has 2 bridgehead atoms. The molecular formula is C15H17NO3. The van der Waals surface area contributed by atoms with Crippen molar-refractivity contribution in [2.45, 2.75) is 37.5 Å². The fraction of sp³-hybridized carbons (Fsp3) is 0.533. The van der Waals surface area contributed by atoms with Crippen LogP contribution in [0.1, 0.15) is 31.6 Å². The van der Waals surface area contributed by atoms with Crippen molar-refractivity contribution in [3.8, 4) is 0 Å². The molecule has 1 aromatic heterocycles. The summed E-state index contributed by atoms with van der Waals surface area (Å²) < 4.78 is 11.6. The minimum atomic E-state index is -0.237. The number of rotatable bonds is 1. The first kappa shape index (κ1) is 11.3. The molecule has 0 radical (unpaired) electrons. The van der Waals surface area contributed by atoms with Crippen LogP contribution in [0.15, 0.2) is 35.0 Å². The lowest BCUT2D eigenvalue weighted by molar-refractivity contribution is -0.141. The molecule has 19 heavy (non-hydrogen) atoms. The molecule has 1 aromatic rings. The van der Waals surface area contributed by atoms with Gasteiger partial charge in [0.05, 0.1) is 25.0 Å². The van der Waals surface area contributed by atoms with E-state index in [1.54, 1.807) is 13.2 Å². The predicted molar refractivity (Wildman–Crippen MR) is 68.3 cm³/mol. The van der Waals surface area contributed by atoms with E-state index >= 15 is 0 Å². The predicted octanol–water partition coefficient (Wildman–Crippen LogP) is 2.29. The molecule has 4 heteroatoms. The smallest absolute Gasteiger partial charge is 0.220 e. The van der Waals surface area contributed by atoms with Crippen molar-refractivity contribution in [1.29, 1.82) is 0 Å². The quantitative estimate of drug-likeness (QED) is 0.727.